The average molecular weight is 1810 g/mol. The first-order valence-corrected chi connectivity index (χ1v) is 47.5. The number of aromatic nitrogens is 15. The highest BCUT2D eigenvalue weighted by Crippen LogP contribution is 2.57. The second kappa shape index (κ2) is 32.9. The van der Waals surface area contributed by atoms with Crippen LogP contribution in [0.5, 0.6) is 0 Å². The number of benzene rings is 17. The molecular weight excluding hydrogens is 1740 g/mol. The first kappa shape index (κ1) is 81.0. The molecule has 0 unspecified atom stereocenters. The van der Waals surface area contributed by atoms with Gasteiger partial charge in [-0.3, -0.25) is 33.6 Å². The highest BCUT2D eigenvalue weighted by molar-refractivity contribution is 7.27. The number of hydrogen-bond donors (Lipinski definition) is 0. The highest BCUT2D eigenvalue weighted by Gasteiger charge is 2.42. The van der Waals surface area contributed by atoms with E-state index in [1.165, 1.54) is 48.3 Å². The molecule has 140 heavy (non-hydrogen) atoms. The summed E-state index contributed by atoms with van der Waals surface area (Å²) < 4.78 is 15.8. The Morgan fingerprint density at radius 2 is 0.643 bits per heavy atom. The van der Waals surface area contributed by atoms with Crippen molar-refractivity contribution in [2.75, 3.05) is 0 Å². The molecule has 28 aromatic rings. The number of fused-ring (bicyclic) bond motifs is 30. The van der Waals surface area contributed by atoms with E-state index in [1.54, 1.807) is 23.7 Å². The molecule has 0 N–H and O–H groups in total. The maximum absolute atomic E-state index is 6.80. The summed E-state index contributed by atoms with van der Waals surface area (Å²) >= 11 is 1.77. The molecule has 0 saturated heterocycles. The summed E-state index contributed by atoms with van der Waals surface area (Å²) in [7, 11) is 0. The van der Waals surface area contributed by atoms with E-state index in [4.69, 9.17) is 64.2 Å². The van der Waals surface area contributed by atoms with Crippen LogP contribution in [0.25, 0.3) is 260 Å². The van der Waals surface area contributed by atoms with Crippen molar-refractivity contribution >= 4 is 152 Å². The van der Waals surface area contributed by atoms with Gasteiger partial charge in [0.25, 0.3) is 0 Å². The number of rotatable bonds is 11. The maximum atomic E-state index is 6.80. The van der Waals surface area contributed by atoms with Crippen LogP contribution in [0.4, 0.5) is 0 Å². The molecule has 0 atom stereocenters. The first-order valence-electron chi connectivity index (χ1n) is 46.7. The number of furan rings is 1. The van der Waals surface area contributed by atoms with Crippen molar-refractivity contribution in [1.82, 2.24) is 73.5 Å². The van der Waals surface area contributed by atoms with Gasteiger partial charge in [0, 0.05) is 122 Å². The number of nitrogens with zero attached hydrogens (tertiary/aromatic N) is 15. The minimum Gasteiger partial charge on any atom is -0.454 e. The van der Waals surface area contributed by atoms with Crippen LogP contribution in [0, 0.1) is 0 Å². The number of para-hydroxylation sites is 3. The van der Waals surface area contributed by atoms with Gasteiger partial charge in [0.05, 0.1) is 65.9 Å². The van der Waals surface area contributed by atoms with Crippen LogP contribution < -0.4 is 0 Å². The van der Waals surface area contributed by atoms with Gasteiger partial charge in [-0.15, -0.1) is 11.3 Å². The third-order valence-electron chi connectivity index (χ3n) is 27.2. The summed E-state index contributed by atoms with van der Waals surface area (Å²) in [4.78, 5) is 61.3. The first-order chi connectivity index (χ1) is 69.2. The lowest BCUT2D eigenvalue weighted by Gasteiger charge is -2.24. The molecule has 0 spiro atoms. The number of hydrogen-bond acceptors (Lipinski definition) is 14. The zero-order valence-electron chi connectivity index (χ0n) is 75.5. The van der Waals surface area contributed by atoms with Gasteiger partial charge in [-0.25, -0.2) is 19.9 Å². The minimum atomic E-state index is -0.285. The van der Waals surface area contributed by atoms with Crippen LogP contribution in [0.2, 0.25) is 0 Å². The molecule has 17 aromatic carbocycles. The third kappa shape index (κ3) is 13.2. The van der Waals surface area contributed by atoms with Crippen molar-refractivity contribution in [1.29, 1.82) is 0 Å². The van der Waals surface area contributed by atoms with Crippen molar-refractivity contribution in [3.8, 4) is 119 Å². The molecule has 1 aliphatic carbocycles. The third-order valence-corrected chi connectivity index (χ3v) is 28.4. The Hall–Kier alpha value is -18.6. The van der Waals surface area contributed by atoms with Gasteiger partial charge in [-0.2, -0.15) is 19.9 Å². The van der Waals surface area contributed by atoms with E-state index in [9.17, 15) is 0 Å². The molecule has 0 aliphatic heterocycles. The van der Waals surface area contributed by atoms with Crippen molar-refractivity contribution in [2.24, 2.45) is 0 Å². The molecule has 29 rings (SSSR count). The molecule has 0 radical (unpaired) electrons. The van der Waals surface area contributed by atoms with E-state index < -0.39 is 0 Å². The van der Waals surface area contributed by atoms with Crippen LogP contribution in [0.15, 0.2) is 436 Å². The lowest BCUT2D eigenvalue weighted by atomic mass is 9.80. The zero-order chi connectivity index (χ0) is 92.6. The summed E-state index contributed by atoms with van der Waals surface area (Å²) in [6.45, 7) is 4.65. The van der Waals surface area contributed by atoms with Crippen LogP contribution in [0.3, 0.4) is 0 Å². The Morgan fingerprint density at radius 3 is 1.20 bits per heavy atom. The van der Waals surface area contributed by atoms with E-state index in [-0.39, 0.29) is 5.41 Å². The fourth-order valence-corrected chi connectivity index (χ4v) is 22.3. The zero-order valence-corrected chi connectivity index (χ0v) is 76.3. The SMILES string of the molecule is CC1(C)c2cccnc2-c2c1c1c(c3ccccc23)c2ccccc2n1-c1nc(-c2ccccc2)cc(-c2ccccc2)n1.c1ccc(-c2cc(-c3ccccc3)cc(-c3nc(-c4ccccc4)nc(-n4c5cccnc5c5c6ccccc6c6c7ccccc7oc6c54)n3)c2)cc1.c1ccc(-c2nc(-c3ccccc3)nc(-n3c4ccccc4c4c5nccnc5c5c6ccccc6sc5c43)n2)cc1. The largest absolute Gasteiger partial charge is 0.454 e. The number of pyridine rings is 2. The average Bonchev–Trinajstić information content (AvgIpc) is 1.51. The van der Waals surface area contributed by atoms with Crippen LogP contribution in [-0.4, -0.2) is 73.5 Å². The Balaban J connectivity index is 0.000000106. The van der Waals surface area contributed by atoms with E-state index in [2.05, 4.69) is 301 Å². The standard InChI is InChI=1S/C48H29N5O.C40H28N4.C35H20N6S/c1-4-15-30(16-5-1)33-27-34(31-17-6-2-7-18-31)29-35(28-33)47-50-46(32-19-8-3-9-20-32)51-48(52-47)53-39-24-14-26-49-43(39)42-37-22-11-10-21-36(37)41-38-23-12-13-25-40(38)54-45(41)44(42)53;1-40(2)30-21-13-23-41-37(30)35-28-19-10-9-18-27(28)34-29-20-11-12-22-33(29)44(38(34)36(35)40)39-42-31(25-14-5-3-6-15-25)24-32(43-39)26-16-7-4-8-17-26;1-3-11-21(12-4-1)33-38-34(22-13-5-2-6-14-22)40-35(39-33)41-25-17-9-7-15-23(25)27-29-30(37-20-19-36-29)28-24-16-8-10-18-26(24)42-32(28)31(27)41/h1-29H;3-24H,1-2H3;1-20H. The summed E-state index contributed by atoms with van der Waals surface area (Å²) in [6, 6.07) is 140. The van der Waals surface area contributed by atoms with Crippen molar-refractivity contribution < 1.29 is 4.42 Å². The normalized spacial score (nSPS) is 12.3. The van der Waals surface area contributed by atoms with Crippen molar-refractivity contribution in [2.45, 2.75) is 19.3 Å². The highest BCUT2D eigenvalue weighted by atomic mass is 32.1. The Labute approximate surface area is 805 Å². The van der Waals surface area contributed by atoms with Gasteiger partial charge in [-0.1, -0.05) is 354 Å². The van der Waals surface area contributed by atoms with E-state index in [0.29, 0.717) is 41.1 Å². The van der Waals surface area contributed by atoms with Gasteiger partial charge >= 0.3 is 0 Å². The Morgan fingerprint density at radius 1 is 0.257 bits per heavy atom. The van der Waals surface area contributed by atoms with E-state index in [0.717, 1.165) is 181 Å². The molecule has 0 amide bonds. The molecule has 0 fully saturated rings. The Kier molecular flexibility index (Phi) is 19.0. The predicted octanol–water partition coefficient (Wildman–Crippen LogP) is 30.5. The molecular formula is C123H77N15OS. The summed E-state index contributed by atoms with van der Waals surface area (Å²) in [6.07, 6.45) is 7.32. The van der Waals surface area contributed by atoms with Crippen LogP contribution in [0.1, 0.15) is 25.0 Å². The summed E-state index contributed by atoms with van der Waals surface area (Å²) in [5.41, 5.74) is 26.7. The monoisotopic (exact) mass is 1810 g/mol. The minimum absolute atomic E-state index is 0.285. The van der Waals surface area contributed by atoms with Crippen LogP contribution in [-0.2, 0) is 5.41 Å². The molecule has 11 aromatic heterocycles. The second-order valence-corrected chi connectivity index (χ2v) is 36.7. The molecule has 16 nitrogen and oxygen atoms in total. The van der Waals surface area contributed by atoms with Gasteiger partial charge in [0.1, 0.15) is 11.1 Å². The summed E-state index contributed by atoms with van der Waals surface area (Å²) in [5, 5.41) is 14.6. The van der Waals surface area contributed by atoms with E-state index in [1.807, 2.05) is 146 Å². The van der Waals surface area contributed by atoms with Crippen molar-refractivity contribution in [3.63, 3.8) is 0 Å². The molecule has 11 heterocycles. The van der Waals surface area contributed by atoms with Gasteiger partial charge in [0.15, 0.2) is 28.9 Å². The smallest absolute Gasteiger partial charge is 0.238 e. The maximum Gasteiger partial charge on any atom is 0.238 e. The molecule has 0 saturated carbocycles. The van der Waals surface area contributed by atoms with Crippen LogP contribution >= 0.6 is 11.3 Å². The topological polar surface area (TPSA) is 183 Å². The quantitative estimate of drug-likeness (QED) is 0.119. The fourth-order valence-electron chi connectivity index (χ4n) is 21.1. The molecule has 656 valence electrons. The molecule has 1 aliphatic rings. The second-order valence-electron chi connectivity index (χ2n) is 35.7. The molecule has 17 heteroatoms. The van der Waals surface area contributed by atoms with Gasteiger partial charge in [-0.05, 0) is 122 Å². The lowest BCUT2D eigenvalue weighted by Crippen LogP contribution is -2.17. The van der Waals surface area contributed by atoms with E-state index >= 15 is 0 Å². The molecule has 0 bridgehead atoms. The fraction of sp³-hybridized carbons (Fsp3) is 0.0244. The predicted molar refractivity (Wildman–Crippen MR) is 570 cm³/mol. The lowest BCUT2D eigenvalue weighted by molar-refractivity contribution is 0.662. The Bertz CT molecular complexity index is 9690. The number of thiophene rings is 1. The summed E-state index contributed by atoms with van der Waals surface area (Å²) in [5.74, 6) is 4.09. The van der Waals surface area contributed by atoms with Crippen molar-refractivity contribution in [3.05, 3.63) is 442 Å². The van der Waals surface area contributed by atoms with Gasteiger partial charge < -0.3 is 4.42 Å². The van der Waals surface area contributed by atoms with Gasteiger partial charge in [0.2, 0.25) is 17.8 Å².